The molecule has 1 aliphatic rings. The van der Waals surface area contributed by atoms with Crippen LogP contribution in [-0.4, -0.2) is 9.78 Å². The fraction of sp³-hybridized carbons (Fsp3) is 0.750. The smallest absolute Gasteiger partial charge is 0.148 e. The maximum Gasteiger partial charge on any atom is 0.148 e. The summed E-state index contributed by atoms with van der Waals surface area (Å²) in [6, 6.07) is 0. The van der Waals surface area contributed by atoms with Crippen LogP contribution in [0.15, 0.2) is 6.20 Å². The first-order valence-corrected chi connectivity index (χ1v) is 5.94. The first-order chi connectivity index (χ1) is 7.15. The van der Waals surface area contributed by atoms with Crippen LogP contribution in [0.25, 0.3) is 0 Å². The third kappa shape index (κ3) is 2.52. The summed E-state index contributed by atoms with van der Waals surface area (Å²) in [5.74, 6) is 2.36. The molecule has 1 heterocycles. The van der Waals surface area contributed by atoms with Crippen molar-refractivity contribution in [1.29, 1.82) is 0 Å². The van der Waals surface area contributed by atoms with E-state index in [1.54, 1.807) is 0 Å². The Morgan fingerprint density at radius 2 is 2.33 bits per heavy atom. The van der Waals surface area contributed by atoms with Gasteiger partial charge < -0.3 is 5.73 Å². The zero-order valence-electron chi connectivity index (χ0n) is 9.74. The number of anilines is 1. The van der Waals surface area contributed by atoms with Crippen molar-refractivity contribution < 1.29 is 0 Å². The van der Waals surface area contributed by atoms with Gasteiger partial charge in [0.15, 0.2) is 0 Å². The molecule has 2 unspecified atom stereocenters. The summed E-state index contributed by atoms with van der Waals surface area (Å²) in [6.07, 6.45) is 7.54. The fourth-order valence-electron chi connectivity index (χ4n) is 2.62. The molecule has 1 saturated carbocycles. The molecule has 2 atom stereocenters. The third-order valence-electron chi connectivity index (χ3n) is 3.47. The van der Waals surface area contributed by atoms with Gasteiger partial charge in [-0.05, 0) is 31.6 Å². The minimum atomic E-state index is 0.679. The summed E-state index contributed by atoms with van der Waals surface area (Å²) in [7, 11) is 0. The van der Waals surface area contributed by atoms with E-state index in [2.05, 4.69) is 18.2 Å². The molecule has 0 spiro atoms. The predicted octanol–water partition coefficient (Wildman–Crippen LogP) is 2.60. The maximum atomic E-state index is 5.74. The molecular weight excluding hydrogens is 186 g/mol. The summed E-state index contributed by atoms with van der Waals surface area (Å²) in [5, 5.41) is 4.32. The molecule has 15 heavy (non-hydrogen) atoms. The summed E-state index contributed by atoms with van der Waals surface area (Å²) >= 11 is 0. The molecule has 1 aliphatic carbocycles. The van der Waals surface area contributed by atoms with Gasteiger partial charge in [-0.2, -0.15) is 5.10 Å². The quantitative estimate of drug-likeness (QED) is 0.810. The van der Waals surface area contributed by atoms with Crippen LogP contribution in [0.4, 0.5) is 5.82 Å². The molecule has 1 fully saturated rings. The standard InChI is InChI=1S/C12H21N3/c1-9-4-3-5-11(6-9)8-15-7-10(2)12(13)14-15/h7,9,11H,3-6,8H2,1-2H3,(H2,13,14). The van der Waals surface area contributed by atoms with E-state index in [4.69, 9.17) is 5.73 Å². The average Bonchev–Trinajstić information content (AvgIpc) is 2.45. The van der Waals surface area contributed by atoms with Gasteiger partial charge in [0, 0.05) is 18.3 Å². The molecule has 3 heteroatoms. The molecule has 0 bridgehead atoms. The number of nitrogens with two attached hydrogens (primary N) is 1. The van der Waals surface area contributed by atoms with Gasteiger partial charge in [-0.3, -0.25) is 4.68 Å². The van der Waals surface area contributed by atoms with Crippen molar-refractivity contribution in [3.63, 3.8) is 0 Å². The minimum Gasteiger partial charge on any atom is -0.382 e. The van der Waals surface area contributed by atoms with E-state index in [0.29, 0.717) is 5.82 Å². The highest BCUT2D eigenvalue weighted by Crippen LogP contribution is 2.29. The molecule has 84 valence electrons. The van der Waals surface area contributed by atoms with Crippen molar-refractivity contribution in [1.82, 2.24) is 9.78 Å². The number of hydrogen-bond acceptors (Lipinski definition) is 2. The second-order valence-electron chi connectivity index (χ2n) is 5.06. The summed E-state index contributed by atoms with van der Waals surface area (Å²) < 4.78 is 2.02. The predicted molar refractivity (Wildman–Crippen MR) is 62.5 cm³/mol. The monoisotopic (exact) mass is 207 g/mol. The van der Waals surface area contributed by atoms with E-state index in [9.17, 15) is 0 Å². The maximum absolute atomic E-state index is 5.74. The molecule has 2 N–H and O–H groups in total. The zero-order chi connectivity index (χ0) is 10.8. The van der Waals surface area contributed by atoms with Gasteiger partial charge in [0.1, 0.15) is 5.82 Å². The van der Waals surface area contributed by atoms with E-state index in [1.165, 1.54) is 25.7 Å². The highest BCUT2D eigenvalue weighted by atomic mass is 15.3. The molecule has 0 aliphatic heterocycles. The number of nitrogen functional groups attached to an aromatic ring is 1. The fourth-order valence-corrected chi connectivity index (χ4v) is 2.62. The van der Waals surface area contributed by atoms with Gasteiger partial charge in [-0.15, -0.1) is 0 Å². The van der Waals surface area contributed by atoms with Gasteiger partial charge in [-0.1, -0.05) is 19.8 Å². The van der Waals surface area contributed by atoms with Crippen molar-refractivity contribution in [3.8, 4) is 0 Å². The van der Waals surface area contributed by atoms with Crippen LogP contribution in [0.5, 0.6) is 0 Å². The summed E-state index contributed by atoms with van der Waals surface area (Å²) in [4.78, 5) is 0. The first kappa shape index (κ1) is 10.5. The lowest BCUT2D eigenvalue weighted by molar-refractivity contribution is 0.250. The molecular formula is C12H21N3. The van der Waals surface area contributed by atoms with Gasteiger partial charge in [0.2, 0.25) is 0 Å². The Morgan fingerprint density at radius 3 is 2.93 bits per heavy atom. The number of aryl methyl sites for hydroxylation is 1. The number of rotatable bonds is 2. The average molecular weight is 207 g/mol. The number of nitrogens with zero attached hydrogens (tertiary/aromatic N) is 2. The summed E-state index contributed by atoms with van der Waals surface area (Å²) in [5.41, 5.74) is 6.84. The van der Waals surface area contributed by atoms with E-state index < -0.39 is 0 Å². The van der Waals surface area contributed by atoms with Gasteiger partial charge in [-0.25, -0.2) is 0 Å². The Labute approximate surface area is 91.7 Å². The number of hydrogen-bond donors (Lipinski definition) is 1. The Hall–Kier alpha value is -0.990. The topological polar surface area (TPSA) is 43.8 Å². The molecule has 2 rings (SSSR count). The number of aromatic nitrogens is 2. The van der Waals surface area contributed by atoms with Crippen molar-refractivity contribution in [3.05, 3.63) is 11.8 Å². The van der Waals surface area contributed by atoms with Crippen molar-refractivity contribution in [2.45, 2.75) is 46.1 Å². The SMILES string of the molecule is Cc1cn(CC2CCCC(C)C2)nc1N. The van der Waals surface area contributed by atoms with Crippen LogP contribution in [0.1, 0.15) is 38.2 Å². The second kappa shape index (κ2) is 4.25. The van der Waals surface area contributed by atoms with Crippen LogP contribution in [0.3, 0.4) is 0 Å². The van der Waals surface area contributed by atoms with Crippen LogP contribution >= 0.6 is 0 Å². The Morgan fingerprint density at radius 1 is 1.53 bits per heavy atom. The van der Waals surface area contributed by atoms with Crippen LogP contribution in [0.2, 0.25) is 0 Å². The molecule has 0 amide bonds. The molecule has 0 radical (unpaired) electrons. The lowest BCUT2D eigenvalue weighted by atomic mass is 9.82. The van der Waals surface area contributed by atoms with Crippen LogP contribution < -0.4 is 5.73 Å². The Kier molecular flexibility index (Phi) is 2.98. The zero-order valence-corrected chi connectivity index (χ0v) is 9.74. The van der Waals surface area contributed by atoms with Crippen LogP contribution in [0, 0.1) is 18.8 Å². The third-order valence-corrected chi connectivity index (χ3v) is 3.47. The van der Waals surface area contributed by atoms with Gasteiger partial charge in [0.05, 0.1) is 0 Å². The first-order valence-electron chi connectivity index (χ1n) is 5.94. The Bertz CT molecular complexity index is 310. The van der Waals surface area contributed by atoms with E-state index in [-0.39, 0.29) is 0 Å². The Balaban J connectivity index is 1.96. The second-order valence-corrected chi connectivity index (χ2v) is 5.06. The molecule has 1 aromatic heterocycles. The van der Waals surface area contributed by atoms with E-state index in [0.717, 1.165) is 23.9 Å². The van der Waals surface area contributed by atoms with E-state index in [1.807, 2.05) is 11.6 Å². The lowest BCUT2D eigenvalue weighted by Crippen LogP contribution is -2.18. The van der Waals surface area contributed by atoms with Crippen molar-refractivity contribution in [2.24, 2.45) is 11.8 Å². The molecule has 0 saturated heterocycles. The normalized spacial score (nSPS) is 26.8. The molecule has 1 aromatic rings. The van der Waals surface area contributed by atoms with Gasteiger partial charge >= 0.3 is 0 Å². The van der Waals surface area contributed by atoms with E-state index >= 15 is 0 Å². The highest BCUT2D eigenvalue weighted by molar-refractivity contribution is 5.35. The minimum absolute atomic E-state index is 0.679. The van der Waals surface area contributed by atoms with Gasteiger partial charge in [0.25, 0.3) is 0 Å². The van der Waals surface area contributed by atoms with Crippen molar-refractivity contribution in [2.75, 3.05) is 5.73 Å². The molecule has 0 aromatic carbocycles. The highest BCUT2D eigenvalue weighted by Gasteiger charge is 2.19. The summed E-state index contributed by atoms with van der Waals surface area (Å²) in [6.45, 7) is 5.42. The van der Waals surface area contributed by atoms with Crippen LogP contribution in [-0.2, 0) is 6.54 Å². The largest absolute Gasteiger partial charge is 0.382 e. The lowest BCUT2D eigenvalue weighted by Gasteiger charge is -2.26. The van der Waals surface area contributed by atoms with Crippen molar-refractivity contribution >= 4 is 5.82 Å². The molecule has 3 nitrogen and oxygen atoms in total.